The molecule has 0 atom stereocenters. The number of aromatic nitrogens is 4. The Bertz CT molecular complexity index is 1880. The van der Waals surface area contributed by atoms with Gasteiger partial charge in [-0.15, -0.1) is 0 Å². The first-order chi connectivity index (χ1) is 19.4. The van der Waals surface area contributed by atoms with Crippen molar-refractivity contribution in [2.45, 2.75) is 26.7 Å². The lowest BCUT2D eigenvalue weighted by molar-refractivity contribution is 0.833. The second-order valence-corrected chi connectivity index (χ2v) is 11.3. The highest BCUT2D eigenvalue weighted by molar-refractivity contribution is 9.10. The van der Waals surface area contributed by atoms with Crippen molar-refractivity contribution in [3.63, 3.8) is 0 Å². The van der Waals surface area contributed by atoms with Gasteiger partial charge in [-0.2, -0.15) is 0 Å². The highest BCUT2D eigenvalue weighted by atomic mass is 79.9. The topological polar surface area (TPSA) is 69.8 Å². The van der Waals surface area contributed by atoms with Gasteiger partial charge in [0.2, 0.25) is 0 Å². The van der Waals surface area contributed by atoms with Gasteiger partial charge in [-0.25, -0.2) is 9.97 Å². The van der Waals surface area contributed by atoms with E-state index in [0.717, 1.165) is 31.4 Å². The predicted molar refractivity (Wildman–Crippen MR) is 168 cm³/mol. The van der Waals surface area contributed by atoms with E-state index in [2.05, 4.69) is 31.9 Å². The van der Waals surface area contributed by atoms with E-state index in [9.17, 15) is 9.59 Å². The quantitative estimate of drug-likeness (QED) is 0.194. The summed E-state index contributed by atoms with van der Waals surface area (Å²) in [6.45, 7) is 4.00. The fourth-order valence-electron chi connectivity index (χ4n) is 5.02. The van der Waals surface area contributed by atoms with Gasteiger partial charge in [-0.05, 0) is 71.8 Å². The maximum absolute atomic E-state index is 13.4. The number of hydrogen-bond acceptors (Lipinski definition) is 4. The van der Waals surface area contributed by atoms with Crippen molar-refractivity contribution in [1.82, 2.24) is 19.1 Å². The van der Waals surface area contributed by atoms with Crippen LogP contribution >= 0.6 is 31.9 Å². The van der Waals surface area contributed by atoms with Crippen LogP contribution in [0.3, 0.4) is 0 Å². The van der Waals surface area contributed by atoms with Crippen molar-refractivity contribution >= 4 is 53.7 Å². The highest BCUT2D eigenvalue weighted by Gasteiger charge is 2.14. The minimum Gasteiger partial charge on any atom is -0.268 e. The number of halogens is 2. The molecule has 0 spiro atoms. The molecular formula is C32H24Br2N4O2. The molecule has 0 saturated heterocycles. The van der Waals surface area contributed by atoms with Crippen LogP contribution in [0, 0.1) is 0 Å². The Morgan fingerprint density at radius 1 is 0.575 bits per heavy atom. The second kappa shape index (κ2) is 10.6. The lowest BCUT2D eigenvalue weighted by Crippen LogP contribution is -2.23. The van der Waals surface area contributed by atoms with Gasteiger partial charge < -0.3 is 0 Å². The van der Waals surface area contributed by atoms with Crippen LogP contribution in [0.4, 0.5) is 0 Å². The van der Waals surface area contributed by atoms with Crippen LogP contribution in [0.15, 0.2) is 103 Å². The number of rotatable bonds is 5. The second-order valence-electron chi connectivity index (χ2n) is 9.46. The molecule has 8 heteroatoms. The van der Waals surface area contributed by atoms with Crippen LogP contribution in [0.2, 0.25) is 0 Å². The minimum atomic E-state index is -0.0894. The van der Waals surface area contributed by atoms with E-state index in [1.807, 2.05) is 98.8 Å². The molecule has 2 heterocycles. The Labute approximate surface area is 247 Å². The summed E-state index contributed by atoms with van der Waals surface area (Å²) < 4.78 is 5.06. The molecular weight excluding hydrogens is 632 g/mol. The number of aryl methyl sites for hydroxylation is 2. The third-order valence-corrected chi connectivity index (χ3v) is 8.00. The van der Waals surface area contributed by atoms with Crippen LogP contribution in [0.1, 0.15) is 25.5 Å². The van der Waals surface area contributed by atoms with Gasteiger partial charge in [0.15, 0.2) is 0 Å². The molecule has 6 nitrogen and oxygen atoms in total. The molecule has 0 radical (unpaired) electrons. The molecule has 0 aliphatic rings. The first-order valence-electron chi connectivity index (χ1n) is 13.0. The van der Waals surface area contributed by atoms with Crippen molar-refractivity contribution in [2.75, 3.05) is 0 Å². The largest absolute Gasteiger partial charge is 0.268 e. The number of hydrogen-bond donors (Lipinski definition) is 0. The van der Waals surface area contributed by atoms with Crippen LogP contribution in [-0.4, -0.2) is 19.1 Å². The Kier molecular flexibility index (Phi) is 6.98. The standard InChI is InChI=1S/C32H24Br2N4O2/c1-3-29-35-27-15-9-21(33)17-25(27)31(39)37(29)23-11-5-19(6-12-23)20-7-13-24(14-8-20)38-30(4-2)36-28-16-10-22(34)18-26(28)32(38)40/h5-18H,3-4H2,1-2H3. The number of benzene rings is 4. The molecule has 2 aromatic heterocycles. The van der Waals surface area contributed by atoms with Gasteiger partial charge in [0.25, 0.3) is 11.1 Å². The summed E-state index contributed by atoms with van der Waals surface area (Å²) >= 11 is 6.93. The zero-order valence-electron chi connectivity index (χ0n) is 21.9. The van der Waals surface area contributed by atoms with Crippen molar-refractivity contribution < 1.29 is 0 Å². The SMILES string of the molecule is CCc1nc2ccc(Br)cc2c(=O)n1-c1ccc(-c2ccc(-n3c(CC)nc4ccc(Br)cc4c3=O)cc2)cc1. The van der Waals surface area contributed by atoms with Crippen LogP contribution in [0.5, 0.6) is 0 Å². The Morgan fingerprint density at radius 3 is 1.30 bits per heavy atom. The minimum absolute atomic E-state index is 0.0894. The summed E-state index contributed by atoms with van der Waals surface area (Å²) in [7, 11) is 0. The van der Waals surface area contributed by atoms with Crippen molar-refractivity contribution in [3.05, 3.63) is 126 Å². The fourth-order valence-corrected chi connectivity index (χ4v) is 5.74. The maximum atomic E-state index is 13.4. The molecule has 198 valence electrons. The predicted octanol–water partition coefficient (Wildman–Crippen LogP) is 7.40. The van der Waals surface area contributed by atoms with Gasteiger partial charge in [0.1, 0.15) is 11.6 Å². The van der Waals surface area contributed by atoms with Crippen molar-refractivity contribution in [3.8, 4) is 22.5 Å². The molecule has 0 aliphatic carbocycles. The van der Waals surface area contributed by atoms with E-state index >= 15 is 0 Å². The van der Waals surface area contributed by atoms with Gasteiger partial charge in [-0.1, -0.05) is 70.0 Å². The van der Waals surface area contributed by atoms with E-state index in [1.54, 1.807) is 9.13 Å². The van der Waals surface area contributed by atoms with E-state index in [1.165, 1.54) is 0 Å². The lowest BCUT2D eigenvalue weighted by Gasteiger charge is -2.14. The molecule has 0 aliphatic heterocycles. The van der Waals surface area contributed by atoms with Crippen molar-refractivity contribution in [2.24, 2.45) is 0 Å². The van der Waals surface area contributed by atoms with Crippen LogP contribution in [0.25, 0.3) is 44.3 Å². The average Bonchev–Trinajstić information content (AvgIpc) is 2.98. The number of nitrogens with zero attached hydrogens (tertiary/aromatic N) is 4. The zero-order chi connectivity index (χ0) is 28.0. The van der Waals surface area contributed by atoms with E-state index in [-0.39, 0.29) is 11.1 Å². The lowest BCUT2D eigenvalue weighted by atomic mass is 10.0. The maximum Gasteiger partial charge on any atom is 0.266 e. The van der Waals surface area contributed by atoms with Crippen molar-refractivity contribution in [1.29, 1.82) is 0 Å². The molecule has 0 unspecified atom stereocenters. The third kappa shape index (κ3) is 4.61. The fraction of sp³-hybridized carbons (Fsp3) is 0.125. The Balaban J connectivity index is 1.37. The molecule has 40 heavy (non-hydrogen) atoms. The average molecular weight is 656 g/mol. The van der Waals surface area contributed by atoms with Gasteiger partial charge in [0, 0.05) is 21.8 Å². The summed E-state index contributed by atoms with van der Waals surface area (Å²) in [6, 6.07) is 26.9. The third-order valence-electron chi connectivity index (χ3n) is 7.02. The molecule has 0 amide bonds. The monoisotopic (exact) mass is 654 g/mol. The smallest absolute Gasteiger partial charge is 0.266 e. The number of fused-ring (bicyclic) bond motifs is 2. The molecule has 4 aromatic carbocycles. The molecule has 0 N–H and O–H groups in total. The molecule has 0 saturated carbocycles. The molecule has 6 rings (SSSR count). The Morgan fingerprint density at radius 2 is 0.950 bits per heavy atom. The summed E-state index contributed by atoms with van der Waals surface area (Å²) in [6.07, 6.45) is 1.26. The van der Waals surface area contributed by atoms with Gasteiger partial charge in [-0.3, -0.25) is 18.7 Å². The zero-order valence-corrected chi connectivity index (χ0v) is 25.0. The van der Waals surface area contributed by atoms with E-state index in [4.69, 9.17) is 9.97 Å². The summed E-state index contributed by atoms with van der Waals surface area (Å²) in [5.41, 5.74) is 4.74. The normalized spacial score (nSPS) is 11.4. The molecule has 0 bridgehead atoms. The first-order valence-corrected chi connectivity index (χ1v) is 14.6. The summed E-state index contributed by atoms with van der Waals surface area (Å²) in [5.74, 6) is 1.43. The van der Waals surface area contributed by atoms with Gasteiger partial charge in [0.05, 0.1) is 33.2 Å². The first kappa shape index (κ1) is 26.3. The van der Waals surface area contributed by atoms with Gasteiger partial charge >= 0.3 is 0 Å². The summed E-state index contributed by atoms with van der Waals surface area (Å²) in [4.78, 5) is 36.4. The Hall–Kier alpha value is -3.88. The van der Waals surface area contributed by atoms with Crippen LogP contribution in [-0.2, 0) is 12.8 Å². The highest BCUT2D eigenvalue weighted by Crippen LogP contribution is 2.25. The summed E-state index contributed by atoms with van der Waals surface area (Å²) in [5, 5.41) is 1.15. The molecule has 0 fully saturated rings. The van der Waals surface area contributed by atoms with E-state index < -0.39 is 0 Å². The van der Waals surface area contributed by atoms with E-state index in [0.29, 0.717) is 46.3 Å². The molecule has 6 aromatic rings. The van der Waals surface area contributed by atoms with Crippen LogP contribution < -0.4 is 11.1 Å².